The highest BCUT2D eigenvalue weighted by Gasteiger charge is 2.36. The summed E-state index contributed by atoms with van der Waals surface area (Å²) in [6.45, 7) is 9.29. The van der Waals surface area contributed by atoms with E-state index in [-0.39, 0.29) is 5.41 Å². The zero-order valence-electron chi connectivity index (χ0n) is 14.2. The Morgan fingerprint density at radius 3 is 1.22 bits per heavy atom. The number of benzene rings is 2. The topological polar surface area (TPSA) is 0 Å². The van der Waals surface area contributed by atoms with Crippen molar-refractivity contribution in [3.05, 3.63) is 70.8 Å². The zero-order chi connectivity index (χ0) is 16.2. The quantitative estimate of drug-likeness (QED) is 0.593. The highest BCUT2D eigenvalue weighted by molar-refractivity contribution is 8.07. The maximum atomic E-state index is 2.33. The van der Waals surface area contributed by atoms with Crippen molar-refractivity contribution >= 4 is 23.5 Å². The summed E-state index contributed by atoms with van der Waals surface area (Å²) in [6.07, 6.45) is 0. The molecule has 0 spiro atoms. The standard InChI is InChI=1S/C21H24S2/c1-13-19(22-13)15-5-9-17(10-6-15)21(3,4)18-11-7-16(8-12-18)20-14(2)23-20/h5-14,19-20H,1-4H3. The largest absolute Gasteiger partial charge is 0.148 e. The first-order chi connectivity index (χ1) is 11.0. The summed E-state index contributed by atoms with van der Waals surface area (Å²) in [5.41, 5.74) is 5.83. The molecule has 0 nitrogen and oxygen atoms in total. The molecular formula is C21H24S2. The molecule has 4 rings (SSSR count). The Labute approximate surface area is 148 Å². The third-order valence-electron chi connectivity index (χ3n) is 5.34. The molecule has 2 heteroatoms. The van der Waals surface area contributed by atoms with E-state index < -0.39 is 0 Å². The number of hydrogen-bond acceptors (Lipinski definition) is 2. The molecule has 2 aliphatic heterocycles. The molecule has 0 bridgehead atoms. The minimum Gasteiger partial charge on any atom is -0.148 e. The Hall–Kier alpha value is -0.860. The average molecular weight is 341 g/mol. The first kappa shape index (κ1) is 15.7. The average Bonchev–Trinajstić information content (AvgIpc) is 3.46. The van der Waals surface area contributed by atoms with Crippen LogP contribution in [0.2, 0.25) is 0 Å². The third-order valence-corrected chi connectivity index (χ3v) is 8.07. The minimum absolute atomic E-state index is 0.0572. The summed E-state index contributed by atoms with van der Waals surface area (Å²) in [4.78, 5) is 0. The van der Waals surface area contributed by atoms with Crippen molar-refractivity contribution in [2.24, 2.45) is 0 Å². The maximum absolute atomic E-state index is 2.33. The van der Waals surface area contributed by atoms with Gasteiger partial charge in [-0.1, -0.05) is 76.2 Å². The minimum atomic E-state index is 0.0572. The van der Waals surface area contributed by atoms with Gasteiger partial charge in [-0.15, -0.1) is 23.5 Å². The van der Waals surface area contributed by atoms with Gasteiger partial charge in [0.25, 0.3) is 0 Å². The summed E-state index contributed by atoms with van der Waals surface area (Å²) in [7, 11) is 0. The maximum Gasteiger partial charge on any atom is 0.0416 e. The van der Waals surface area contributed by atoms with Crippen molar-refractivity contribution in [2.45, 2.75) is 54.1 Å². The van der Waals surface area contributed by atoms with E-state index >= 15 is 0 Å². The molecule has 120 valence electrons. The molecule has 4 unspecified atom stereocenters. The Morgan fingerprint density at radius 2 is 0.957 bits per heavy atom. The second kappa shape index (κ2) is 5.60. The van der Waals surface area contributed by atoms with Crippen LogP contribution in [-0.4, -0.2) is 10.5 Å². The van der Waals surface area contributed by atoms with E-state index in [4.69, 9.17) is 0 Å². The lowest BCUT2D eigenvalue weighted by atomic mass is 9.77. The highest BCUT2D eigenvalue weighted by Crippen LogP contribution is 2.55. The second-order valence-corrected chi connectivity index (χ2v) is 10.4. The van der Waals surface area contributed by atoms with Crippen molar-refractivity contribution in [1.82, 2.24) is 0 Å². The highest BCUT2D eigenvalue weighted by atomic mass is 32.2. The predicted molar refractivity (Wildman–Crippen MR) is 105 cm³/mol. The Balaban J connectivity index is 1.56. The van der Waals surface area contributed by atoms with Crippen LogP contribution in [-0.2, 0) is 5.41 Å². The van der Waals surface area contributed by atoms with E-state index in [1.807, 2.05) is 0 Å². The molecule has 0 saturated carbocycles. The normalized spacial score (nSPS) is 29.4. The fraction of sp³-hybridized carbons (Fsp3) is 0.429. The first-order valence-corrected chi connectivity index (χ1v) is 10.4. The summed E-state index contributed by atoms with van der Waals surface area (Å²) in [6, 6.07) is 18.6. The second-order valence-electron chi connectivity index (χ2n) is 7.39. The first-order valence-electron chi connectivity index (χ1n) is 8.48. The Bertz CT molecular complexity index is 638. The number of hydrogen-bond donors (Lipinski definition) is 0. The van der Waals surface area contributed by atoms with E-state index in [1.54, 1.807) is 0 Å². The number of thioether (sulfide) groups is 2. The summed E-state index contributed by atoms with van der Waals surface area (Å²) in [5, 5.41) is 3.04. The third kappa shape index (κ3) is 2.96. The monoisotopic (exact) mass is 340 g/mol. The molecule has 23 heavy (non-hydrogen) atoms. The van der Waals surface area contributed by atoms with Crippen molar-refractivity contribution in [1.29, 1.82) is 0 Å². The smallest absolute Gasteiger partial charge is 0.0416 e. The lowest BCUT2D eigenvalue weighted by Crippen LogP contribution is -2.18. The summed E-state index contributed by atoms with van der Waals surface area (Å²) >= 11 is 4.13. The molecule has 2 fully saturated rings. The molecular weight excluding hydrogens is 316 g/mol. The van der Waals surface area contributed by atoms with Gasteiger partial charge in [0.05, 0.1) is 0 Å². The van der Waals surface area contributed by atoms with E-state index in [9.17, 15) is 0 Å². The van der Waals surface area contributed by atoms with Crippen LogP contribution in [0.5, 0.6) is 0 Å². The Morgan fingerprint density at radius 1 is 0.652 bits per heavy atom. The van der Waals surface area contributed by atoms with Gasteiger partial charge in [0.1, 0.15) is 0 Å². The lowest BCUT2D eigenvalue weighted by molar-refractivity contribution is 0.640. The van der Waals surface area contributed by atoms with Crippen molar-refractivity contribution in [3.8, 4) is 0 Å². The molecule has 0 radical (unpaired) electrons. The van der Waals surface area contributed by atoms with Crippen LogP contribution in [0, 0.1) is 0 Å². The van der Waals surface area contributed by atoms with Crippen LogP contribution < -0.4 is 0 Å². The van der Waals surface area contributed by atoms with E-state index in [1.165, 1.54) is 22.3 Å². The van der Waals surface area contributed by atoms with Crippen molar-refractivity contribution in [2.75, 3.05) is 0 Å². The lowest BCUT2D eigenvalue weighted by Gasteiger charge is -2.26. The van der Waals surface area contributed by atoms with Gasteiger partial charge in [0.15, 0.2) is 0 Å². The van der Waals surface area contributed by atoms with Crippen LogP contribution in [0.25, 0.3) is 0 Å². The van der Waals surface area contributed by atoms with Gasteiger partial charge in [0.2, 0.25) is 0 Å². The van der Waals surface area contributed by atoms with Crippen LogP contribution in [0.3, 0.4) is 0 Å². The van der Waals surface area contributed by atoms with Gasteiger partial charge in [-0.2, -0.15) is 0 Å². The van der Waals surface area contributed by atoms with Crippen LogP contribution >= 0.6 is 23.5 Å². The molecule has 2 heterocycles. The van der Waals surface area contributed by atoms with Crippen molar-refractivity contribution < 1.29 is 0 Å². The zero-order valence-corrected chi connectivity index (χ0v) is 15.9. The van der Waals surface area contributed by atoms with Crippen LogP contribution in [0.15, 0.2) is 48.5 Å². The molecule has 2 aromatic carbocycles. The van der Waals surface area contributed by atoms with Crippen LogP contribution in [0.4, 0.5) is 0 Å². The molecule has 2 aromatic rings. The SMILES string of the molecule is CC1SC1c1ccc(C(C)(C)c2ccc(C3SC3C)cc2)cc1. The fourth-order valence-electron chi connectivity index (χ4n) is 3.42. The van der Waals surface area contributed by atoms with E-state index in [0.29, 0.717) is 0 Å². The van der Waals surface area contributed by atoms with Gasteiger partial charge in [-0.05, 0) is 22.3 Å². The van der Waals surface area contributed by atoms with Gasteiger partial charge in [-0.3, -0.25) is 0 Å². The van der Waals surface area contributed by atoms with Gasteiger partial charge in [0, 0.05) is 26.4 Å². The predicted octanol–water partition coefficient (Wildman–Crippen LogP) is 6.37. The molecule has 0 N–H and O–H groups in total. The van der Waals surface area contributed by atoms with Gasteiger partial charge in [-0.25, -0.2) is 0 Å². The molecule has 0 aliphatic carbocycles. The van der Waals surface area contributed by atoms with E-state index in [2.05, 4.69) is 99.7 Å². The fourth-order valence-corrected chi connectivity index (χ4v) is 5.10. The number of rotatable bonds is 4. The summed E-state index contributed by atoms with van der Waals surface area (Å²) < 4.78 is 0. The van der Waals surface area contributed by atoms with Crippen molar-refractivity contribution in [3.63, 3.8) is 0 Å². The van der Waals surface area contributed by atoms with E-state index in [0.717, 1.165) is 21.0 Å². The molecule has 2 saturated heterocycles. The molecule has 4 atom stereocenters. The van der Waals surface area contributed by atoms with Gasteiger partial charge < -0.3 is 0 Å². The summed E-state index contributed by atoms with van der Waals surface area (Å²) in [5.74, 6) is 0. The Kier molecular flexibility index (Phi) is 3.81. The molecule has 0 amide bonds. The van der Waals surface area contributed by atoms with Crippen LogP contribution in [0.1, 0.15) is 60.4 Å². The van der Waals surface area contributed by atoms with Gasteiger partial charge >= 0.3 is 0 Å². The molecule has 2 aliphatic rings. The molecule has 0 aromatic heterocycles.